The molecular formula is C11H13NO3. The molecule has 0 unspecified atom stereocenters. The van der Waals surface area contributed by atoms with Crippen LogP contribution in [0.15, 0.2) is 36.4 Å². The predicted molar refractivity (Wildman–Crippen MR) is 54.1 cm³/mol. The lowest BCUT2D eigenvalue weighted by molar-refractivity contribution is -0.119. The zero-order chi connectivity index (χ0) is 10.7. The van der Waals surface area contributed by atoms with Gasteiger partial charge in [-0.3, -0.25) is 0 Å². The second-order valence-corrected chi connectivity index (χ2v) is 3.66. The van der Waals surface area contributed by atoms with Crippen LogP contribution in [0.4, 0.5) is 0 Å². The van der Waals surface area contributed by atoms with E-state index in [0.717, 1.165) is 0 Å². The number of hydrogen-bond acceptors (Lipinski definition) is 4. The van der Waals surface area contributed by atoms with E-state index in [-0.39, 0.29) is 0 Å². The monoisotopic (exact) mass is 207 g/mol. The van der Waals surface area contributed by atoms with Crippen LogP contribution in [0, 0.1) is 0 Å². The summed E-state index contributed by atoms with van der Waals surface area (Å²) < 4.78 is 16.1. The number of rotatable bonds is 3. The fraction of sp³-hybridized carbons (Fsp3) is 0.364. The largest absolute Gasteiger partial charge is 0.469 e. The van der Waals surface area contributed by atoms with Crippen LogP contribution in [0.5, 0.6) is 5.88 Å². The van der Waals surface area contributed by atoms with Crippen LogP contribution >= 0.6 is 0 Å². The number of nitrogens with zero attached hydrogens (tertiary/aromatic N) is 1. The van der Waals surface area contributed by atoms with Gasteiger partial charge in [-0.1, -0.05) is 6.07 Å². The molecule has 0 saturated carbocycles. The molecule has 4 nitrogen and oxygen atoms in total. The Morgan fingerprint density at radius 2 is 2.27 bits per heavy atom. The second kappa shape index (κ2) is 3.81. The highest BCUT2D eigenvalue weighted by molar-refractivity contribution is 5.10. The Morgan fingerprint density at radius 3 is 2.87 bits per heavy atom. The van der Waals surface area contributed by atoms with Gasteiger partial charge in [0, 0.05) is 26.1 Å². The van der Waals surface area contributed by atoms with Gasteiger partial charge in [0.2, 0.25) is 11.7 Å². The van der Waals surface area contributed by atoms with Crippen LogP contribution in [-0.2, 0) is 9.47 Å². The lowest BCUT2D eigenvalue weighted by Gasteiger charge is -2.18. The van der Waals surface area contributed by atoms with Crippen molar-refractivity contribution in [3.63, 3.8) is 0 Å². The topological polar surface area (TPSA) is 40.6 Å². The summed E-state index contributed by atoms with van der Waals surface area (Å²) in [5.41, 5.74) is 0. The lowest BCUT2D eigenvalue weighted by atomic mass is 10.4. The summed E-state index contributed by atoms with van der Waals surface area (Å²) in [7, 11) is 0. The first-order chi connectivity index (χ1) is 7.16. The Hall–Kier alpha value is -1.71. The van der Waals surface area contributed by atoms with E-state index in [9.17, 15) is 0 Å². The molecule has 0 aromatic carbocycles. The molecule has 0 amide bonds. The van der Waals surface area contributed by atoms with Crippen molar-refractivity contribution in [1.29, 1.82) is 0 Å². The van der Waals surface area contributed by atoms with Gasteiger partial charge in [0.25, 0.3) is 0 Å². The highest BCUT2D eigenvalue weighted by Gasteiger charge is 2.27. The molecule has 0 bridgehead atoms. The molecule has 2 rings (SSSR count). The van der Waals surface area contributed by atoms with Crippen LogP contribution in [0.2, 0.25) is 0 Å². The standard InChI is InChI=1S/C11H13NO3/c1-11(2)14-8-9(15-11)7-13-10-5-3-4-6-12-10/h3-6,8H,7H2,1-2H3. The molecule has 0 N–H and O–H groups in total. The zero-order valence-electron chi connectivity index (χ0n) is 8.77. The Kier molecular flexibility index (Phi) is 2.49. The fourth-order valence-corrected chi connectivity index (χ4v) is 1.21. The van der Waals surface area contributed by atoms with E-state index in [0.29, 0.717) is 18.2 Å². The quantitative estimate of drug-likeness (QED) is 0.760. The molecule has 1 aromatic heterocycles. The number of hydrogen-bond donors (Lipinski definition) is 0. The van der Waals surface area contributed by atoms with E-state index in [2.05, 4.69) is 4.98 Å². The van der Waals surface area contributed by atoms with Crippen molar-refractivity contribution >= 4 is 0 Å². The highest BCUT2D eigenvalue weighted by Crippen LogP contribution is 2.24. The van der Waals surface area contributed by atoms with E-state index in [1.807, 2.05) is 26.0 Å². The SMILES string of the molecule is CC1(C)OC=C(COc2ccccn2)O1. The normalized spacial score (nSPS) is 17.6. The average molecular weight is 207 g/mol. The minimum atomic E-state index is -0.581. The Morgan fingerprint density at radius 1 is 1.40 bits per heavy atom. The maximum absolute atomic E-state index is 5.46. The first kappa shape index (κ1) is 9.83. The molecule has 80 valence electrons. The van der Waals surface area contributed by atoms with Crippen molar-refractivity contribution < 1.29 is 14.2 Å². The van der Waals surface area contributed by atoms with Gasteiger partial charge in [-0.25, -0.2) is 4.98 Å². The van der Waals surface area contributed by atoms with Crippen molar-refractivity contribution in [1.82, 2.24) is 4.98 Å². The molecule has 2 heterocycles. The molecule has 0 atom stereocenters. The van der Waals surface area contributed by atoms with Crippen LogP contribution in [0.1, 0.15) is 13.8 Å². The van der Waals surface area contributed by atoms with Gasteiger partial charge < -0.3 is 14.2 Å². The minimum absolute atomic E-state index is 0.334. The van der Waals surface area contributed by atoms with Crippen molar-refractivity contribution in [3.05, 3.63) is 36.4 Å². The van der Waals surface area contributed by atoms with Crippen molar-refractivity contribution in [2.45, 2.75) is 19.6 Å². The summed E-state index contributed by atoms with van der Waals surface area (Å²) in [5, 5.41) is 0. The van der Waals surface area contributed by atoms with E-state index in [1.54, 1.807) is 18.5 Å². The predicted octanol–water partition coefficient (Wildman–Crippen LogP) is 2.08. The van der Waals surface area contributed by atoms with E-state index in [4.69, 9.17) is 14.2 Å². The Balaban J connectivity index is 1.85. The highest BCUT2D eigenvalue weighted by atomic mass is 16.7. The smallest absolute Gasteiger partial charge is 0.244 e. The lowest BCUT2D eigenvalue weighted by Crippen LogP contribution is -2.21. The molecule has 0 saturated heterocycles. The van der Waals surface area contributed by atoms with Crippen molar-refractivity contribution in [2.24, 2.45) is 0 Å². The van der Waals surface area contributed by atoms with Gasteiger partial charge in [-0.2, -0.15) is 0 Å². The molecular weight excluding hydrogens is 194 g/mol. The maximum atomic E-state index is 5.46. The van der Waals surface area contributed by atoms with Gasteiger partial charge in [0.05, 0.1) is 0 Å². The molecule has 1 aliphatic heterocycles. The molecule has 1 aromatic rings. The molecule has 0 spiro atoms. The summed E-state index contributed by atoms with van der Waals surface area (Å²) in [6.07, 6.45) is 3.25. The maximum Gasteiger partial charge on any atom is 0.244 e. The molecule has 15 heavy (non-hydrogen) atoms. The fourth-order valence-electron chi connectivity index (χ4n) is 1.21. The summed E-state index contributed by atoms with van der Waals surface area (Å²) in [4.78, 5) is 4.03. The van der Waals surface area contributed by atoms with E-state index >= 15 is 0 Å². The van der Waals surface area contributed by atoms with E-state index in [1.165, 1.54) is 0 Å². The molecule has 4 heteroatoms. The van der Waals surface area contributed by atoms with Crippen LogP contribution in [0.3, 0.4) is 0 Å². The van der Waals surface area contributed by atoms with Crippen molar-refractivity contribution in [3.8, 4) is 5.88 Å². The molecule has 0 aliphatic carbocycles. The minimum Gasteiger partial charge on any atom is -0.469 e. The third-order valence-corrected chi connectivity index (χ3v) is 1.85. The van der Waals surface area contributed by atoms with Gasteiger partial charge in [-0.15, -0.1) is 0 Å². The first-order valence-corrected chi connectivity index (χ1v) is 4.75. The van der Waals surface area contributed by atoms with Crippen LogP contribution < -0.4 is 4.74 Å². The summed E-state index contributed by atoms with van der Waals surface area (Å²) in [5.74, 6) is 0.667. The Bertz CT molecular complexity index is 359. The van der Waals surface area contributed by atoms with Gasteiger partial charge in [0.1, 0.15) is 6.26 Å². The second-order valence-electron chi connectivity index (χ2n) is 3.66. The number of aromatic nitrogens is 1. The first-order valence-electron chi connectivity index (χ1n) is 4.75. The average Bonchev–Trinajstić information content (AvgIpc) is 2.57. The Labute approximate surface area is 88.5 Å². The summed E-state index contributed by atoms with van der Waals surface area (Å²) >= 11 is 0. The van der Waals surface area contributed by atoms with Gasteiger partial charge >= 0.3 is 0 Å². The van der Waals surface area contributed by atoms with Crippen LogP contribution in [0.25, 0.3) is 0 Å². The van der Waals surface area contributed by atoms with E-state index < -0.39 is 5.79 Å². The molecule has 0 radical (unpaired) electrons. The number of ether oxygens (including phenoxy) is 3. The third-order valence-electron chi connectivity index (χ3n) is 1.85. The summed E-state index contributed by atoms with van der Waals surface area (Å²) in [6.45, 7) is 4.02. The van der Waals surface area contributed by atoms with Crippen molar-refractivity contribution in [2.75, 3.05) is 6.61 Å². The van der Waals surface area contributed by atoms with Crippen LogP contribution in [-0.4, -0.2) is 17.4 Å². The molecule has 0 fully saturated rings. The number of pyridine rings is 1. The van der Waals surface area contributed by atoms with Gasteiger partial charge in [-0.05, 0) is 6.07 Å². The third kappa shape index (κ3) is 2.62. The zero-order valence-corrected chi connectivity index (χ0v) is 8.77. The summed E-state index contributed by atoms with van der Waals surface area (Å²) in [6, 6.07) is 5.50. The van der Waals surface area contributed by atoms with Gasteiger partial charge in [0.15, 0.2) is 12.4 Å². The molecule has 1 aliphatic rings.